The van der Waals surface area contributed by atoms with Crippen LogP contribution in [0.1, 0.15) is 0 Å². The van der Waals surface area contributed by atoms with Crippen LogP contribution in [0.3, 0.4) is 0 Å². The first-order valence-corrected chi connectivity index (χ1v) is 11.0. The number of benzene rings is 5. The largest absolute Gasteiger partial charge is 0.354 e. The van der Waals surface area contributed by atoms with Crippen molar-refractivity contribution in [3.05, 3.63) is 97.1 Å². The number of H-pyrrole nitrogens is 1. The number of hydrogen-bond donors (Lipinski definition) is 1. The fourth-order valence-electron chi connectivity index (χ4n) is 4.84. The normalized spacial score (nSPS) is 12.0. The number of aromatic nitrogens is 1. The molecule has 2 heterocycles. The molecule has 0 amide bonds. The molecule has 0 aliphatic carbocycles. The predicted octanol–water partition coefficient (Wildman–Crippen LogP) is 8.51. The highest BCUT2D eigenvalue weighted by Crippen LogP contribution is 2.42. The van der Waals surface area contributed by atoms with Crippen molar-refractivity contribution >= 4 is 64.1 Å². The Kier molecular flexibility index (Phi) is 3.21. The molecule has 30 heavy (non-hydrogen) atoms. The molecule has 1 N–H and O–H groups in total. The molecular formula is C28H17NS. The minimum Gasteiger partial charge on any atom is -0.354 e. The highest BCUT2D eigenvalue weighted by Gasteiger charge is 2.15. The van der Waals surface area contributed by atoms with Gasteiger partial charge in [0.05, 0.1) is 5.52 Å². The summed E-state index contributed by atoms with van der Waals surface area (Å²) >= 11 is 1.87. The average molecular weight is 400 g/mol. The van der Waals surface area contributed by atoms with Gasteiger partial charge >= 0.3 is 0 Å². The van der Waals surface area contributed by atoms with Gasteiger partial charge in [-0.05, 0) is 40.6 Å². The number of aromatic amines is 1. The molecule has 0 saturated carbocycles. The van der Waals surface area contributed by atoms with E-state index in [1.165, 1.54) is 63.9 Å². The van der Waals surface area contributed by atoms with Gasteiger partial charge in [-0.1, -0.05) is 72.8 Å². The van der Waals surface area contributed by atoms with E-state index in [-0.39, 0.29) is 0 Å². The average Bonchev–Trinajstić information content (AvgIpc) is 3.35. The molecule has 7 aromatic rings. The van der Waals surface area contributed by atoms with Gasteiger partial charge < -0.3 is 4.98 Å². The summed E-state index contributed by atoms with van der Waals surface area (Å²) in [6, 6.07) is 35.3. The summed E-state index contributed by atoms with van der Waals surface area (Å²) in [5, 5.41) is 7.81. The van der Waals surface area contributed by atoms with Crippen molar-refractivity contribution in [2.45, 2.75) is 0 Å². The van der Waals surface area contributed by atoms with Crippen LogP contribution < -0.4 is 0 Å². The van der Waals surface area contributed by atoms with Crippen molar-refractivity contribution in [3.63, 3.8) is 0 Å². The minimum atomic E-state index is 1.19. The van der Waals surface area contributed by atoms with E-state index in [0.29, 0.717) is 0 Å². The predicted molar refractivity (Wildman–Crippen MR) is 132 cm³/mol. The molecule has 7 rings (SSSR count). The smallest absolute Gasteiger partial charge is 0.0544 e. The van der Waals surface area contributed by atoms with E-state index >= 15 is 0 Å². The van der Waals surface area contributed by atoms with Crippen molar-refractivity contribution in [1.29, 1.82) is 0 Å². The van der Waals surface area contributed by atoms with E-state index in [9.17, 15) is 0 Å². The van der Waals surface area contributed by atoms with Crippen LogP contribution in [0.2, 0.25) is 0 Å². The molecule has 2 heteroatoms. The van der Waals surface area contributed by atoms with Crippen LogP contribution in [0.5, 0.6) is 0 Å². The number of nitrogens with one attached hydrogen (secondary N) is 1. The van der Waals surface area contributed by atoms with Crippen LogP contribution in [0.25, 0.3) is 63.9 Å². The summed E-state index contributed by atoms with van der Waals surface area (Å²) < 4.78 is 2.68. The van der Waals surface area contributed by atoms with E-state index in [1.807, 2.05) is 11.3 Å². The first kappa shape index (κ1) is 16.2. The molecule has 5 aromatic carbocycles. The highest BCUT2D eigenvalue weighted by molar-refractivity contribution is 7.25. The van der Waals surface area contributed by atoms with Crippen LogP contribution in [-0.2, 0) is 0 Å². The van der Waals surface area contributed by atoms with Crippen LogP contribution in [0, 0.1) is 0 Å². The van der Waals surface area contributed by atoms with E-state index in [2.05, 4.69) is 102 Å². The van der Waals surface area contributed by atoms with Crippen LogP contribution >= 0.6 is 11.3 Å². The SMILES string of the molecule is c1ccc2cc3c(cc2c1)[nH]c1c(-c2cccc4sc5ccccc5c24)cccc13. The zero-order valence-corrected chi connectivity index (χ0v) is 17.0. The van der Waals surface area contributed by atoms with E-state index in [0.717, 1.165) is 0 Å². The van der Waals surface area contributed by atoms with E-state index < -0.39 is 0 Å². The van der Waals surface area contributed by atoms with Gasteiger partial charge in [0.25, 0.3) is 0 Å². The molecule has 0 atom stereocenters. The number of rotatable bonds is 1. The lowest BCUT2D eigenvalue weighted by Gasteiger charge is -2.07. The molecule has 0 unspecified atom stereocenters. The third kappa shape index (κ3) is 2.17. The third-order valence-corrected chi connectivity index (χ3v) is 7.33. The Hall–Kier alpha value is -3.62. The molecule has 0 saturated heterocycles. The van der Waals surface area contributed by atoms with E-state index in [1.54, 1.807) is 0 Å². The maximum atomic E-state index is 3.75. The highest BCUT2D eigenvalue weighted by atomic mass is 32.1. The summed E-state index contributed by atoms with van der Waals surface area (Å²) in [6.45, 7) is 0. The number of thiophene rings is 1. The molecule has 0 fully saturated rings. The zero-order chi connectivity index (χ0) is 19.7. The second-order valence-electron chi connectivity index (χ2n) is 7.88. The molecule has 0 aliphatic heterocycles. The zero-order valence-electron chi connectivity index (χ0n) is 16.1. The third-order valence-electron chi connectivity index (χ3n) is 6.19. The molecule has 0 aliphatic rings. The second-order valence-corrected chi connectivity index (χ2v) is 8.96. The molecule has 0 bridgehead atoms. The maximum Gasteiger partial charge on any atom is 0.0544 e. The summed E-state index contributed by atoms with van der Waals surface area (Å²) in [5.74, 6) is 0. The van der Waals surface area contributed by atoms with Crippen molar-refractivity contribution in [2.24, 2.45) is 0 Å². The Labute approximate surface area is 177 Å². The lowest BCUT2D eigenvalue weighted by atomic mass is 9.97. The van der Waals surface area contributed by atoms with Crippen molar-refractivity contribution in [1.82, 2.24) is 4.98 Å². The summed E-state index contributed by atoms with van der Waals surface area (Å²) in [4.78, 5) is 3.75. The maximum absolute atomic E-state index is 3.75. The summed E-state index contributed by atoms with van der Waals surface area (Å²) in [6.07, 6.45) is 0. The first-order chi connectivity index (χ1) is 14.9. The van der Waals surface area contributed by atoms with Gasteiger partial charge in [-0.15, -0.1) is 11.3 Å². The molecule has 2 aromatic heterocycles. The fraction of sp³-hybridized carbons (Fsp3) is 0. The van der Waals surface area contributed by atoms with Gasteiger partial charge in [0.15, 0.2) is 0 Å². The molecule has 0 spiro atoms. The Morgan fingerprint density at radius 3 is 2.17 bits per heavy atom. The van der Waals surface area contributed by atoms with Crippen LogP contribution in [0.15, 0.2) is 97.1 Å². The number of fused-ring (bicyclic) bond motifs is 7. The van der Waals surface area contributed by atoms with Crippen molar-refractivity contribution in [2.75, 3.05) is 0 Å². The Morgan fingerprint density at radius 1 is 0.533 bits per heavy atom. The standard InChI is InChI=1S/C28H17NS/c1-2-8-18-16-24-23(15-17(18)7-1)21-12-5-11-20(28(21)29-24)19-10-6-14-26-27(19)22-9-3-4-13-25(22)30-26/h1-16,29H. The fourth-order valence-corrected chi connectivity index (χ4v) is 5.97. The van der Waals surface area contributed by atoms with Gasteiger partial charge in [0, 0.05) is 42.0 Å². The summed E-state index contributed by atoms with van der Waals surface area (Å²) in [5.41, 5.74) is 4.97. The van der Waals surface area contributed by atoms with Crippen molar-refractivity contribution < 1.29 is 0 Å². The van der Waals surface area contributed by atoms with Gasteiger partial charge in [0.2, 0.25) is 0 Å². The molecule has 140 valence electrons. The van der Waals surface area contributed by atoms with Gasteiger partial charge in [-0.2, -0.15) is 0 Å². The van der Waals surface area contributed by atoms with Crippen molar-refractivity contribution in [3.8, 4) is 11.1 Å². The lowest BCUT2D eigenvalue weighted by Crippen LogP contribution is -1.82. The Balaban J connectivity index is 1.62. The topological polar surface area (TPSA) is 15.8 Å². The van der Waals surface area contributed by atoms with Crippen LogP contribution in [0.4, 0.5) is 0 Å². The summed E-state index contributed by atoms with van der Waals surface area (Å²) in [7, 11) is 0. The Bertz CT molecular complexity index is 1750. The quantitative estimate of drug-likeness (QED) is 0.285. The van der Waals surface area contributed by atoms with Gasteiger partial charge in [-0.3, -0.25) is 0 Å². The minimum absolute atomic E-state index is 1.19. The lowest BCUT2D eigenvalue weighted by molar-refractivity contribution is 1.55. The molecule has 1 nitrogen and oxygen atoms in total. The number of para-hydroxylation sites is 1. The second kappa shape index (κ2) is 5.94. The first-order valence-electron chi connectivity index (χ1n) is 10.2. The molecule has 0 radical (unpaired) electrons. The Morgan fingerprint density at radius 2 is 1.23 bits per heavy atom. The molecular weight excluding hydrogens is 382 g/mol. The van der Waals surface area contributed by atoms with Crippen LogP contribution in [-0.4, -0.2) is 4.98 Å². The van der Waals surface area contributed by atoms with E-state index in [4.69, 9.17) is 0 Å². The van der Waals surface area contributed by atoms with Gasteiger partial charge in [-0.25, -0.2) is 0 Å². The van der Waals surface area contributed by atoms with Gasteiger partial charge in [0.1, 0.15) is 0 Å². The number of hydrogen-bond acceptors (Lipinski definition) is 1. The monoisotopic (exact) mass is 399 g/mol.